The van der Waals surface area contributed by atoms with Crippen LogP contribution in [-0.4, -0.2) is 33.4 Å². The van der Waals surface area contributed by atoms with E-state index in [4.69, 9.17) is 5.73 Å². The third-order valence-corrected chi connectivity index (χ3v) is 2.95. The van der Waals surface area contributed by atoms with Crippen LogP contribution in [0.25, 0.3) is 0 Å². The van der Waals surface area contributed by atoms with Gasteiger partial charge in [0.1, 0.15) is 11.5 Å². The molecule has 1 aromatic rings. The fraction of sp³-hybridized carbons (Fsp3) is 0.600. The van der Waals surface area contributed by atoms with Gasteiger partial charge in [0.05, 0.1) is 5.60 Å². The molecule has 5 N–H and O–H groups in total. The monoisotopic (exact) mass is 224 g/mol. The van der Waals surface area contributed by atoms with Crippen LogP contribution >= 0.6 is 0 Å². The average molecular weight is 224 g/mol. The molecule has 1 aliphatic rings. The highest BCUT2D eigenvalue weighted by Gasteiger charge is 2.31. The second kappa shape index (κ2) is 4.13. The van der Waals surface area contributed by atoms with Crippen molar-refractivity contribution in [3.8, 4) is 0 Å². The first-order chi connectivity index (χ1) is 7.59. The zero-order valence-electron chi connectivity index (χ0n) is 8.99. The van der Waals surface area contributed by atoms with Crippen LogP contribution < -0.4 is 11.1 Å². The molecule has 1 aromatic heterocycles. The van der Waals surface area contributed by atoms with Gasteiger partial charge < -0.3 is 16.2 Å². The molecule has 6 nitrogen and oxygen atoms in total. The Morgan fingerprint density at radius 1 is 1.62 bits per heavy atom. The lowest BCUT2D eigenvalue weighted by atomic mass is 10.0. The van der Waals surface area contributed by atoms with Crippen LogP contribution in [0.1, 0.15) is 36.2 Å². The molecule has 1 aliphatic carbocycles. The Morgan fingerprint density at radius 3 is 2.88 bits per heavy atom. The quantitative estimate of drug-likeness (QED) is 0.581. The Balaban J connectivity index is 1.88. The minimum atomic E-state index is -0.735. The number of carbonyl (C=O) groups is 1. The first kappa shape index (κ1) is 10.9. The lowest BCUT2D eigenvalue weighted by Gasteiger charge is -2.21. The minimum Gasteiger partial charge on any atom is -0.388 e. The molecule has 0 saturated heterocycles. The number of H-pyrrole nitrogens is 1. The van der Waals surface area contributed by atoms with Crippen molar-refractivity contribution in [1.29, 1.82) is 0 Å². The van der Waals surface area contributed by atoms with Crippen LogP contribution in [0.15, 0.2) is 6.07 Å². The number of hydrogen-bond acceptors (Lipinski definition) is 4. The number of nitrogen functional groups attached to an aromatic ring is 1. The number of carbonyl (C=O) groups excluding carboxylic acids is 1. The van der Waals surface area contributed by atoms with Gasteiger partial charge in [-0.15, -0.1) is 0 Å². The van der Waals surface area contributed by atoms with E-state index in [1.807, 2.05) is 0 Å². The molecule has 2 rings (SSSR count). The standard InChI is InChI=1S/C10H16N4O2/c11-8-5-7(13-14-8)9(15)12-6-10(16)3-1-2-4-10/h5,16H,1-4,6H2,(H,12,15)(H3,11,13,14). The number of anilines is 1. The van der Waals surface area contributed by atoms with Crippen molar-refractivity contribution in [3.63, 3.8) is 0 Å². The molecule has 1 fully saturated rings. The summed E-state index contributed by atoms with van der Waals surface area (Å²) in [6.45, 7) is 0.282. The van der Waals surface area contributed by atoms with Gasteiger partial charge in [0.25, 0.3) is 5.91 Å². The summed E-state index contributed by atoms with van der Waals surface area (Å²) in [7, 11) is 0. The number of nitrogens with one attached hydrogen (secondary N) is 2. The molecule has 88 valence electrons. The van der Waals surface area contributed by atoms with Gasteiger partial charge in [-0.1, -0.05) is 12.8 Å². The third kappa shape index (κ3) is 2.33. The Labute approximate surface area is 93.2 Å². The van der Waals surface area contributed by atoms with Gasteiger partial charge in [0.15, 0.2) is 0 Å². The van der Waals surface area contributed by atoms with E-state index in [1.54, 1.807) is 0 Å². The molecule has 1 amide bonds. The van der Waals surface area contributed by atoms with Gasteiger partial charge in [-0.3, -0.25) is 9.89 Å². The number of hydrogen-bond donors (Lipinski definition) is 4. The Morgan fingerprint density at radius 2 is 2.31 bits per heavy atom. The van der Waals surface area contributed by atoms with E-state index in [0.29, 0.717) is 5.69 Å². The molecule has 0 unspecified atom stereocenters. The second-order valence-corrected chi connectivity index (χ2v) is 4.32. The van der Waals surface area contributed by atoms with Crippen molar-refractivity contribution in [1.82, 2.24) is 15.5 Å². The molecular weight excluding hydrogens is 208 g/mol. The maximum Gasteiger partial charge on any atom is 0.269 e. The van der Waals surface area contributed by atoms with Crippen LogP contribution in [0.4, 0.5) is 5.82 Å². The van der Waals surface area contributed by atoms with Gasteiger partial charge in [-0.05, 0) is 12.8 Å². The van der Waals surface area contributed by atoms with E-state index < -0.39 is 5.60 Å². The van der Waals surface area contributed by atoms with Crippen molar-refractivity contribution >= 4 is 11.7 Å². The van der Waals surface area contributed by atoms with Gasteiger partial charge in [0, 0.05) is 12.6 Å². The number of amides is 1. The molecule has 0 aliphatic heterocycles. The summed E-state index contributed by atoms with van der Waals surface area (Å²) in [4.78, 5) is 11.6. The maximum atomic E-state index is 11.6. The lowest BCUT2D eigenvalue weighted by Crippen LogP contribution is -2.40. The number of nitrogens with two attached hydrogens (primary N) is 1. The molecule has 0 atom stereocenters. The van der Waals surface area contributed by atoms with Crippen molar-refractivity contribution in [2.24, 2.45) is 0 Å². The number of aliphatic hydroxyl groups is 1. The van der Waals surface area contributed by atoms with E-state index in [-0.39, 0.29) is 18.3 Å². The summed E-state index contributed by atoms with van der Waals surface area (Å²) in [5.41, 5.74) is 4.97. The summed E-state index contributed by atoms with van der Waals surface area (Å²) in [6.07, 6.45) is 3.53. The van der Waals surface area contributed by atoms with E-state index in [9.17, 15) is 9.90 Å². The van der Waals surface area contributed by atoms with Gasteiger partial charge >= 0.3 is 0 Å². The first-order valence-electron chi connectivity index (χ1n) is 5.41. The van der Waals surface area contributed by atoms with E-state index in [0.717, 1.165) is 25.7 Å². The van der Waals surface area contributed by atoms with E-state index >= 15 is 0 Å². The van der Waals surface area contributed by atoms with E-state index in [1.165, 1.54) is 6.07 Å². The summed E-state index contributed by atoms with van der Waals surface area (Å²) in [5, 5.41) is 18.9. The first-order valence-corrected chi connectivity index (χ1v) is 5.41. The maximum absolute atomic E-state index is 11.6. The molecule has 1 heterocycles. The predicted molar refractivity (Wildman–Crippen MR) is 58.8 cm³/mol. The largest absolute Gasteiger partial charge is 0.388 e. The van der Waals surface area contributed by atoms with Gasteiger partial charge in [0.2, 0.25) is 0 Å². The van der Waals surface area contributed by atoms with Crippen molar-refractivity contribution in [2.75, 3.05) is 12.3 Å². The van der Waals surface area contributed by atoms with Gasteiger partial charge in [-0.2, -0.15) is 5.10 Å². The highest BCUT2D eigenvalue weighted by Crippen LogP contribution is 2.28. The van der Waals surface area contributed by atoms with Crippen LogP contribution in [0.3, 0.4) is 0 Å². The molecule has 6 heteroatoms. The summed E-state index contributed by atoms with van der Waals surface area (Å²) < 4.78 is 0. The van der Waals surface area contributed by atoms with Crippen molar-refractivity contribution in [3.05, 3.63) is 11.8 Å². The summed E-state index contributed by atoms with van der Waals surface area (Å²) in [5.74, 6) is -0.00532. The van der Waals surface area contributed by atoms with Crippen LogP contribution in [0, 0.1) is 0 Å². The van der Waals surface area contributed by atoms with Crippen LogP contribution in [-0.2, 0) is 0 Å². The lowest BCUT2D eigenvalue weighted by molar-refractivity contribution is 0.0448. The topological polar surface area (TPSA) is 104 Å². The molecule has 0 spiro atoms. The molecule has 16 heavy (non-hydrogen) atoms. The Bertz CT molecular complexity index is 382. The number of nitrogens with zero attached hydrogens (tertiary/aromatic N) is 1. The third-order valence-electron chi connectivity index (χ3n) is 2.95. The van der Waals surface area contributed by atoms with Crippen molar-refractivity contribution in [2.45, 2.75) is 31.3 Å². The summed E-state index contributed by atoms with van der Waals surface area (Å²) in [6, 6.07) is 1.47. The Kier molecular flexibility index (Phi) is 2.82. The molecule has 0 bridgehead atoms. The minimum absolute atomic E-state index is 0.282. The molecule has 0 aromatic carbocycles. The molecular formula is C10H16N4O2. The number of aromatic amines is 1. The van der Waals surface area contributed by atoms with Crippen LogP contribution in [0.5, 0.6) is 0 Å². The highest BCUT2D eigenvalue weighted by atomic mass is 16.3. The fourth-order valence-electron chi connectivity index (χ4n) is 2.00. The predicted octanol–water partition coefficient (Wildman–Crippen LogP) is 0.0268. The zero-order chi connectivity index (χ0) is 11.6. The van der Waals surface area contributed by atoms with Gasteiger partial charge in [-0.25, -0.2) is 0 Å². The van der Waals surface area contributed by atoms with Crippen molar-refractivity contribution < 1.29 is 9.90 Å². The van der Waals surface area contributed by atoms with E-state index in [2.05, 4.69) is 15.5 Å². The zero-order valence-corrected chi connectivity index (χ0v) is 8.99. The SMILES string of the molecule is Nc1cc(C(=O)NCC2(O)CCCC2)[nH]n1. The fourth-order valence-corrected chi connectivity index (χ4v) is 2.00. The average Bonchev–Trinajstić information content (AvgIpc) is 2.85. The summed E-state index contributed by atoms with van der Waals surface area (Å²) >= 11 is 0. The number of rotatable bonds is 3. The number of aromatic nitrogens is 2. The smallest absolute Gasteiger partial charge is 0.269 e. The second-order valence-electron chi connectivity index (χ2n) is 4.32. The molecule has 0 radical (unpaired) electrons. The van der Waals surface area contributed by atoms with Crippen LogP contribution in [0.2, 0.25) is 0 Å². The highest BCUT2D eigenvalue weighted by molar-refractivity contribution is 5.92. The normalized spacial score (nSPS) is 18.6. The Hall–Kier alpha value is -1.56. The molecule has 1 saturated carbocycles.